The fraction of sp³-hybridized carbons (Fsp3) is 0.263. The molecule has 134 valence electrons. The number of hydrogen-bond donors (Lipinski definition) is 2. The minimum absolute atomic E-state index is 0.155. The van der Waals surface area contributed by atoms with E-state index in [1.165, 1.54) is 12.1 Å². The number of anilines is 1. The molecule has 0 atom stereocenters. The van der Waals surface area contributed by atoms with Crippen LogP contribution >= 0.6 is 0 Å². The van der Waals surface area contributed by atoms with Gasteiger partial charge in [0.2, 0.25) is 18.6 Å². The van der Waals surface area contributed by atoms with Crippen molar-refractivity contribution < 1.29 is 23.5 Å². The van der Waals surface area contributed by atoms with Gasteiger partial charge in [-0.25, -0.2) is 4.39 Å². The standard InChI is InChI=1S/C19H17FN2O4/c20-13-3-1-12(2-4-13)10-21-17(23)19(7-8-19)18(24)22-14-5-6-15-16(9-14)26-11-25-15/h1-6,9H,7-8,10-11H2,(H,21,23)(H,22,24). The molecule has 0 saturated heterocycles. The Bertz CT molecular complexity index is 862. The molecule has 0 spiro atoms. The molecule has 1 fully saturated rings. The number of amides is 2. The maximum Gasteiger partial charge on any atom is 0.240 e. The number of fused-ring (bicyclic) bond motifs is 1. The smallest absolute Gasteiger partial charge is 0.240 e. The van der Waals surface area contributed by atoms with Crippen LogP contribution in [0.2, 0.25) is 0 Å². The van der Waals surface area contributed by atoms with Crippen LogP contribution in [0.3, 0.4) is 0 Å². The number of nitrogens with one attached hydrogen (secondary N) is 2. The number of ether oxygens (including phenoxy) is 2. The van der Waals surface area contributed by atoms with Gasteiger partial charge in [0.1, 0.15) is 11.2 Å². The van der Waals surface area contributed by atoms with Gasteiger partial charge in [0.05, 0.1) is 0 Å². The second kappa shape index (κ2) is 6.33. The highest BCUT2D eigenvalue weighted by molar-refractivity contribution is 6.13. The van der Waals surface area contributed by atoms with Gasteiger partial charge in [-0.1, -0.05) is 12.1 Å². The quantitative estimate of drug-likeness (QED) is 0.808. The van der Waals surface area contributed by atoms with Crippen molar-refractivity contribution >= 4 is 17.5 Å². The summed E-state index contributed by atoms with van der Waals surface area (Å²) in [6.45, 7) is 0.403. The van der Waals surface area contributed by atoms with Crippen molar-refractivity contribution in [3.05, 3.63) is 53.8 Å². The first-order valence-corrected chi connectivity index (χ1v) is 8.31. The first kappa shape index (κ1) is 16.4. The molecule has 0 unspecified atom stereocenters. The third-order valence-corrected chi connectivity index (χ3v) is 4.62. The average molecular weight is 356 g/mol. The second-order valence-electron chi connectivity index (χ2n) is 6.41. The lowest BCUT2D eigenvalue weighted by molar-refractivity contribution is -0.134. The van der Waals surface area contributed by atoms with Crippen LogP contribution in [-0.4, -0.2) is 18.6 Å². The molecule has 1 saturated carbocycles. The van der Waals surface area contributed by atoms with E-state index in [9.17, 15) is 14.0 Å². The molecule has 0 bridgehead atoms. The number of hydrogen-bond acceptors (Lipinski definition) is 4. The normalized spacial score (nSPS) is 16.0. The van der Waals surface area contributed by atoms with Gasteiger partial charge in [-0.2, -0.15) is 0 Å². The van der Waals surface area contributed by atoms with Crippen LogP contribution in [-0.2, 0) is 16.1 Å². The Balaban J connectivity index is 1.38. The van der Waals surface area contributed by atoms with Crippen molar-refractivity contribution in [2.45, 2.75) is 19.4 Å². The molecule has 0 radical (unpaired) electrons. The molecular formula is C19H17FN2O4. The fourth-order valence-corrected chi connectivity index (χ4v) is 2.86. The molecular weight excluding hydrogens is 339 g/mol. The molecule has 0 aromatic heterocycles. The summed E-state index contributed by atoms with van der Waals surface area (Å²) >= 11 is 0. The van der Waals surface area contributed by atoms with E-state index in [1.54, 1.807) is 30.3 Å². The number of halogens is 1. The predicted molar refractivity (Wildman–Crippen MR) is 91.1 cm³/mol. The van der Waals surface area contributed by atoms with Gasteiger partial charge in [-0.15, -0.1) is 0 Å². The van der Waals surface area contributed by atoms with Gasteiger partial charge >= 0.3 is 0 Å². The summed E-state index contributed by atoms with van der Waals surface area (Å²) in [6, 6.07) is 11.0. The summed E-state index contributed by atoms with van der Waals surface area (Å²) in [4.78, 5) is 25.1. The van der Waals surface area contributed by atoms with Crippen molar-refractivity contribution in [1.82, 2.24) is 5.32 Å². The molecule has 1 heterocycles. The van der Waals surface area contributed by atoms with E-state index in [4.69, 9.17) is 9.47 Å². The van der Waals surface area contributed by atoms with E-state index in [2.05, 4.69) is 10.6 Å². The summed E-state index contributed by atoms with van der Waals surface area (Å²) in [5.74, 6) is 0.199. The molecule has 7 heteroatoms. The zero-order valence-electron chi connectivity index (χ0n) is 13.9. The van der Waals surface area contributed by atoms with Crippen molar-refractivity contribution in [3.8, 4) is 11.5 Å². The molecule has 6 nitrogen and oxygen atoms in total. The summed E-state index contributed by atoms with van der Waals surface area (Å²) in [7, 11) is 0. The number of benzene rings is 2. The van der Waals surface area contributed by atoms with Gasteiger partial charge in [-0.05, 0) is 42.7 Å². The number of rotatable bonds is 5. The zero-order valence-corrected chi connectivity index (χ0v) is 13.9. The Morgan fingerprint density at radius 2 is 1.73 bits per heavy atom. The van der Waals surface area contributed by atoms with Gasteiger partial charge in [0, 0.05) is 18.3 Å². The molecule has 26 heavy (non-hydrogen) atoms. The van der Waals surface area contributed by atoms with Gasteiger partial charge in [0.15, 0.2) is 11.5 Å². The lowest BCUT2D eigenvalue weighted by Crippen LogP contribution is -2.39. The Labute approximate surface area is 149 Å². The lowest BCUT2D eigenvalue weighted by Gasteiger charge is -2.15. The maximum absolute atomic E-state index is 12.9. The molecule has 1 aliphatic heterocycles. The summed E-state index contributed by atoms with van der Waals surface area (Å²) in [6.07, 6.45) is 0.997. The monoisotopic (exact) mass is 356 g/mol. The lowest BCUT2D eigenvalue weighted by atomic mass is 10.0. The minimum atomic E-state index is -1.05. The van der Waals surface area contributed by atoms with Crippen LogP contribution in [0.15, 0.2) is 42.5 Å². The van der Waals surface area contributed by atoms with Gasteiger partial charge in [0.25, 0.3) is 0 Å². The SMILES string of the molecule is O=C(NCc1ccc(F)cc1)C1(C(=O)Nc2ccc3c(c2)OCO3)CC1. The van der Waals surface area contributed by atoms with Gasteiger partial charge < -0.3 is 20.1 Å². The summed E-state index contributed by atoms with van der Waals surface area (Å²) in [5, 5.41) is 5.54. The van der Waals surface area contributed by atoms with E-state index in [0.29, 0.717) is 30.0 Å². The Kier molecular flexibility index (Phi) is 3.99. The van der Waals surface area contributed by atoms with E-state index in [-0.39, 0.29) is 31.0 Å². The highest BCUT2D eigenvalue weighted by Crippen LogP contribution is 2.47. The topological polar surface area (TPSA) is 76.7 Å². The van der Waals surface area contributed by atoms with Crippen molar-refractivity contribution in [2.75, 3.05) is 12.1 Å². The molecule has 2 aromatic rings. The molecule has 2 aromatic carbocycles. The zero-order chi connectivity index (χ0) is 18.1. The van der Waals surface area contributed by atoms with Crippen LogP contribution in [0.25, 0.3) is 0 Å². The Morgan fingerprint density at radius 1 is 1.00 bits per heavy atom. The third-order valence-electron chi connectivity index (χ3n) is 4.62. The first-order valence-electron chi connectivity index (χ1n) is 8.31. The highest BCUT2D eigenvalue weighted by atomic mass is 19.1. The van der Waals surface area contributed by atoms with E-state index in [1.807, 2.05) is 0 Å². The molecule has 2 aliphatic rings. The second-order valence-corrected chi connectivity index (χ2v) is 6.41. The first-order chi connectivity index (χ1) is 12.6. The van der Waals surface area contributed by atoms with E-state index < -0.39 is 5.41 Å². The van der Waals surface area contributed by atoms with Gasteiger partial charge in [-0.3, -0.25) is 9.59 Å². The average Bonchev–Trinajstić information content (AvgIpc) is 3.33. The largest absolute Gasteiger partial charge is 0.454 e. The van der Waals surface area contributed by atoms with Crippen molar-refractivity contribution in [3.63, 3.8) is 0 Å². The highest BCUT2D eigenvalue weighted by Gasteiger charge is 2.56. The van der Waals surface area contributed by atoms with E-state index in [0.717, 1.165) is 5.56 Å². The molecule has 4 rings (SSSR count). The van der Waals surface area contributed by atoms with Crippen molar-refractivity contribution in [1.29, 1.82) is 0 Å². The number of carbonyl (C=O) groups is 2. The Morgan fingerprint density at radius 3 is 2.46 bits per heavy atom. The Hall–Kier alpha value is -3.09. The third kappa shape index (κ3) is 3.08. The number of carbonyl (C=O) groups excluding carboxylic acids is 2. The predicted octanol–water partition coefficient (Wildman–Crippen LogP) is 2.59. The minimum Gasteiger partial charge on any atom is -0.454 e. The summed E-state index contributed by atoms with van der Waals surface area (Å²) in [5.41, 5.74) is 0.278. The van der Waals surface area contributed by atoms with Crippen LogP contribution in [0, 0.1) is 11.2 Å². The van der Waals surface area contributed by atoms with Crippen LogP contribution in [0.5, 0.6) is 11.5 Å². The molecule has 1 aliphatic carbocycles. The van der Waals surface area contributed by atoms with Crippen molar-refractivity contribution in [2.24, 2.45) is 5.41 Å². The van der Waals surface area contributed by atoms with Crippen LogP contribution < -0.4 is 20.1 Å². The van der Waals surface area contributed by atoms with Crippen LogP contribution in [0.4, 0.5) is 10.1 Å². The summed E-state index contributed by atoms with van der Waals surface area (Å²) < 4.78 is 23.4. The maximum atomic E-state index is 12.9. The fourth-order valence-electron chi connectivity index (χ4n) is 2.86. The molecule has 2 amide bonds. The van der Waals surface area contributed by atoms with E-state index >= 15 is 0 Å². The molecule has 2 N–H and O–H groups in total. The van der Waals surface area contributed by atoms with Crippen LogP contribution in [0.1, 0.15) is 18.4 Å².